The summed E-state index contributed by atoms with van der Waals surface area (Å²) in [5, 5.41) is 17.0. The predicted octanol–water partition coefficient (Wildman–Crippen LogP) is 0.911. The molecule has 0 saturated heterocycles. The molecule has 0 radical (unpaired) electrons. The highest BCUT2D eigenvalue weighted by atomic mass is 16.5. The van der Waals surface area contributed by atoms with E-state index in [0.29, 0.717) is 11.5 Å². The first kappa shape index (κ1) is 12.3. The number of aliphatic carboxylic acids is 1. The quantitative estimate of drug-likeness (QED) is 0.722. The van der Waals surface area contributed by atoms with Crippen molar-refractivity contribution in [1.82, 2.24) is 0 Å². The molecule has 2 N–H and O–H groups in total. The van der Waals surface area contributed by atoms with Crippen LogP contribution in [0.4, 0.5) is 0 Å². The van der Waals surface area contributed by atoms with Crippen LogP contribution in [0.3, 0.4) is 0 Å². The average molecular weight is 226 g/mol. The van der Waals surface area contributed by atoms with Crippen LogP contribution >= 0.6 is 0 Å². The van der Waals surface area contributed by atoms with E-state index in [2.05, 4.69) is 0 Å². The molecule has 0 bridgehead atoms. The second kappa shape index (κ2) is 6.68. The first-order valence-corrected chi connectivity index (χ1v) is 4.90. The van der Waals surface area contributed by atoms with Gasteiger partial charge in [-0.2, -0.15) is 0 Å². The number of hydrogen-bond donors (Lipinski definition) is 2. The minimum Gasteiger partial charge on any atom is -0.493 e. The SMILES string of the molecule is O=C(O)CCOc1cccc(OCCO)c1. The third-order valence-corrected chi connectivity index (χ3v) is 1.75. The van der Waals surface area contributed by atoms with Crippen LogP contribution in [-0.4, -0.2) is 36.0 Å². The molecule has 0 aliphatic carbocycles. The zero-order valence-electron chi connectivity index (χ0n) is 8.76. The van der Waals surface area contributed by atoms with E-state index in [0.717, 1.165) is 0 Å². The third-order valence-electron chi connectivity index (χ3n) is 1.75. The summed E-state index contributed by atoms with van der Waals surface area (Å²) in [6, 6.07) is 6.84. The van der Waals surface area contributed by atoms with E-state index < -0.39 is 5.97 Å². The lowest BCUT2D eigenvalue weighted by atomic mass is 10.3. The first-order valence-electron chi connectivity index (χ1n) is 4.90. The lowest BCUT2D eigenvalue weighted by Gasteiger charge is -2.07. The number of carboxylic acid groups (broad SMARTS) is 1. The van der Waals surface area contributed by atoms with Gasteiger partial charge in [-0.1, -0.05) is 6.07 Å². The summed E-state index contributed by atoms with van der Waals surface area (Å²) in [4.78, 5) is 10.3. The van der Waals surface area contributed by atoms with Gasteiger partial charge >= 0.3 is 5.97 Å². The number of rotatable bonds is 7. The van der Waals surface area contributed by atoms with Gasteiger partial charge in [-0.05, 0) is 12.1 Å². The van der Waals surface area contributed by atoms with Crippen molar-refractivity contribution in [3.05, 3.63) is 24.3 Å². The lowest BCUT2D eigenvalue weighted by molar-refractivity contribution is -0.137. The molecule has 1 aromatic rings. The maximum absolute atomic E-state index is 10.3. The van der Waals surface area contributed by atoms with Crippen molar-refractivity contribution < 1.29 is 24.5 Å². The molecule has 0 unspecified atom stereocenters. The van der Waals surface area contributed by atoms with Crippen LogP contribution in [0.15, 0.2) is 24.3 Å². The summed E-state index contributed by atoms with van der Waals surface area (Å²) in [5.74, 6) is 0.242. The van der Waals surface area contributed by atoms with Gasteiger partial charge in [0.2, 0.25) is 0 Å². The Balaban J connectivity index is 2.43. The minimum absolute atomic E-state index is 0.0400. The highest BCUT2D eigenvalue weighted by molar-refractivity contribution is 5.66. The zero-order chi connectivity index (χ0) is 11.8. The molecule has 5 heteroatoms. The molecule has 0 aliphatic heterocycles. The largest absolute Gasteiger partial charge is 0.493 e. The van der Waals surface area contributed by atoms with E-state index >= 15 is 0 Å². The molecule has 0 aromatic heterocycles. The van der Waals surface area contributed by atoms with Crippen LogP contribution in [0.2, 0.25) is 0 Å². The number of ether oxygens (including phenoxy) is 2. The fourth-order valence-corrected chi connectivity index (χ4v) is 1.07. The van der Waals surface area contributed by atoms with E-state index in [1.807, 2.05) is 0 Å². The monoisotopic (exact) mass is 226 g/mol. The van der Waals surface area contributed by atoms with Gasteiger partial charge in [0.15, 0.2) is 0 Å². The number of carbonyl (C=O) groups is 1. The van der Waals surface area contributed by atoms with Gasteiger partial charge in [-0.15, -0.1) is 0 Å². The Kier molecular flexibility index (Phi) is 5.15. The standard InChI is InChI=1S/C11H14O5/c12-5-7-16-10-3-1-2-9(8-10)15-6-4-11(13)14/h1-3,8,12H,4-7H2,(H,13,14). The van der Waals surface area contributed by atoms with E-state index in [1.54, 1.807) is 24.3 Å². The van der Waals surface area contributed by atoms with Gasteiger partial charge in [-0.3, -0.25) is 4.79 Å². The molecule has 0 saturated carbocycles. The molecule has 88 valence electrons. The van der Waals surface area contributed by atoms with E-state index in [-0.39, 0.29) is 26.2 Å². The molecular formula is C11H14O5. The maximum atomic E-state index is 10.3. The molecule has 16 heavy (non-hydrogen) atoms. The van der Waals surface area contributed by atoms with Crippen molar-refractivity contribution in [3.8, 4) is 11.5 Å². The predicted molar refractivity (Wildman–Crippen MR) is 56.8 cm³/mol. The van der Waals surface area contributed by atoms with Crippen LogP contribution < -0.4 is 9.47 Å². The summed E-state index contributed by atoms with van der Waals surface area (Å²) in [7, 11) is 0. The topological polar surface area (TPSA) is 76.0 Å². The van der Waals surface area contributed by atoms with Crippen molar-refractivity contribution in [2.24, 2.45) is 0 Å². The van der Waals surface area contributed by atoms with Gasteiger partial charge in [0.1, 0.15) is 18.1 Å². The van der Waals surface area contributed by atoms with Crippen LogP contribution in [-0.2, 0) is 4.79 Å². The highest BCUT2D eigenvalue weighted by Crippen LogP contribution is 2.19. The summed E-state index contributed by atoms with van der Waals surface area (Å²) >= 11 is 0. The zero-order valence-corrected chi connectivity index (χ0v) is 8.76. The Morgan fingerprint density at radius 2 is 1.81 bits per heavy atom. The van der Waals surface area contributed by atoms with Gasteiger partial charge in [0, 0.05) is 6.07 Å². The van der Waals surface area contributed by atoms with Crippen molar-refractivity contribution in [2.75, 3.05) is 19.8 Å². The van der Waals surface area contributed by atoms with Crippen LogP contribution in [0.1, 0.15) is 6.42 Å². The molecule has 5 nitrogen and oxygen atoms in total. The Hall–Kier alpha value is -1.75. The Bertz CT molecular complexity index is 337. The Labute approximate surface area is 93.2 Å². The van der Waals surface area contributed by atoms with Gasteiger partial charge < -0.3 is 19.7 Å². The van der Waals surface area contributed by atoms with Crippen molar-refractivity contribution in [2.45, 2.75) is 6.42 Å². The Morgan fingerprint density at radius 1 is 1.19 bits per heavy atom. The fraction of sp³-hybridized carbons (Fsp3) is 0.364. The molecule has 0 fully saturated rings. The smallest absolute Gasteiger partial charge is 0.306 e. The highest BCUT2D eigenvalue weighted by Gasteiger charge is 2.00. The van der Waals surface area contributed by atoms with Crippen LogP contribution in [0.5, 0.6) is 11.5 Å². The Morgan fingerprint density at radius 3 is 2.38 bits per heavy atom. The van der Waals surface area contributed by atoms with E-state index in [9.17, 15) is 4.79 Å². The number of aliphatic hydroxyl groups is 1. The van der Waals surface area contributed by atoms with Crippen molar-refractivity contribution in [1.29, 1.82) is 0 Å². The van der Waals surface area contributed by atoms with Crippen LogP contribution in [0, 0.1) is 0 Å². The van der Waals surface area contributed by atoms with Gasteiger partial charge in [0.25, 0.3) is 0 Å². The van der Waals surface area contributed by atoms with E-state index in [4.69, 9.17) is 19.7 Å². The maximum Gasteiger partial charge on any atom is 0.306 e. The number of aliphatic hydroxyl groups excluding tert-OH is 1. The van der Waals surface area contributed by atoms with Crippen molar-refractivity contribution >= 4 is 5.97 Å². The third kappa shape index (κ3) is 4.65. The van der Waals surface area contributed by atoms with Gasteiger partial charge in [0.05, 0.1) is 19.6 Å². The summed E-state index contributed by atoms with van der Waals surface area (Å²) in [6.07, 6.45) is -0.0400. The van der Waals surface area contributed by atoms with E-state index in [1.165, 1.54) is 0 Å². The summed E-state index contributed by atoms with van der Waals surface area (Å²) < 4.78 is 10.4. The van der Waals surface area contributed by atoms with Gasteiger partial charge in [-0.25, -0.2) is 0 Å². The molecule has 0 amide bonds. The van der Waals surface area contributed by atoms with Crippen LogP contribution in [0.25, 0.3) is 0 Å². The second-order valence-electron chi connectivity index (χ2n) is 3.04. The number of carboxylic acids is 1. The summed E-state index contributed by atoms with van der Waals surface area (Å²) in [6.45, 7) is 0.293. The number of benzene rings is 1. The number of hydrogen-bond acceptors (Lipinski definition) is 4. The molecule has 1 rings (SSSR count). The molecule has 0 aliphatic rings. The second-order valence-corrected chi connectivity index (χ2v) is 3.04. The molecule has 1 aromatic carbocycles. The van der Waals surface area contributed by atoms with Crippen molar-refractivity contribution in [3.63, 3.8) is 0 Å². The average Bonchev–Trinajstić information content (AvgIpc) is 2.26. The first-order chi connectivity index (χ1) is 7.72. The fourth-order valence-electron chi connectivity index (χ4n) is 1.07. The summed E-state index contributed by atoms with van der Waals surface area (Å²) in [5.41, 5.74) is 0. The minimum atomic E-state index is -0.896. The molecular weight excluding hydrogens is 212 g/mol. The molecule has 0 spiro atoms. The molecule has 0 atom stereocenters. The molecule has 0 heterocycles. The lowest BCUT2D eigenvalue weighted by Crippen LogP contribution is -2.05. The normalized spacial score (nSPS) is 9.81.